The van der Waals surface area contributed by atoms with Crippen LogP contribution in [0.3, 0.4) is 0 Å². The van der Waals surface area contributed by atoms with Gasteiger partial charge in [0.1, 0.15) is 0 Å². The van der Waals surface area contributed by atoms with Crippen LogP contribution in [0.4, 0.5) is 0 Å². The molecular weight excluding hydrogens is 176 g/mol. The van der Waals surface area contributed by atoms with Gasteiger partial charge in [-0.25, -0.2) is 0 Å². The van der Waals surface area contributed by atoms with E-state index < -0.39 is 0 Å². The van der Waals surface area contributed by atoms with E-state index in [1.807, 2.05) is 0 Å². The van der Waals surface area contributed by atoms with E-state index in [1.54, 1.807) is 0 Å². The maximum absolute atomic E-state index is 5.72. The average molecular weight is 196 g/mol. The largest absolute Gasteiger partial charge is 0.354 e. The first-order chi connectivity index (χ1) is 6.81. The number of piperidine rings is 1. The molecule has 0 aliphatic carbocycles. The molecule has 3 N–H and O–H groups in total. The third kappa shape index (κ3) is 1.85. The van der Waals surface area contributed by atoms with Crippen molar-refractivity contribution >= 4 is 5.96 Å². The third-order valence-corrected chi connectivity index (χ3v) is 3.24. The fraction of sp³-hybridized carbons (Fsp3) is 0.900. The number of aliphatic imine (C=N–C) groups is 1. The van der Waals surface area contributed by atoms with E-state index in [0.29, 0.717) is 12.0 Å². The van der Waals surface area contributed by atoms with Crippen LogP contribution in [-0.4, -0.2) is 43.1 Å². The van der Waals surface area contributed by atoms with Gasteiger partial charge < -0.3 is 16.0 Å². The average Bonchev–Trinajstić information content (AvgIpc) is 2.71. The molecule has 4 nitrogen and oxygen atoms in total. The quantitative estimate of drug-likeness (QED) is 0.621. The van der Waals surface area contributed by atoms with Crippen LogP contribution < -0.4 is 11.1 Å². The summed E-state index contributed by atoms with van der Waals surface area (Å²) in [6, 6.07) is 0.613. The minimum atomic E-state index is 0.613. The number of nitrogens with two attached hydrogens (primary N) is 1. The number of nitrogens with one attached hydrogen (secondary N) is 1. The summed E-state index contributed by atoms with van der Waals surface area (Å²) in [6.45, 7) is 6.06. The molecule has 0 amide bonds. The molecule has 1 saturated heterocycles. The zero-order chi connectivity index (χ0) is 9.97. The molecule has 0 bridgehead atoms. The number of rotatable bonds is 1. The van der Waals surface area contributed by atoms with Crippen LogP contribution in [0.5, 0.6) is 0 Å². The van der Waals surface area contributed by atoms with Crippen LogP contribution >= 0.6 is 0 Å². The molecule has 2 unspecified atom stereocenters. The monoisotopic (exact) mass is 196 g/mol. The number of nitrogens with zero attached hydrogens (tertiary/aromatic N) is 2. The van der Waals surface area contributed by atoms with Crippen molar-refractivity contribution in [1.29, 1.82) is 0 Å². The Morgan fingerprint density at radius 1 is 1.57 bits per heavy atom. The van der Waals surface area contributed by atoms with Crippen LogP contribution in [0.25, 0.3) is 0 Å². The van der Waals surface area contributed by atoms with Gasteiger partial charge >= 0.3 is 0 Å². The zero-order valence-electron chi connectivity index (χ0n) is 8.87. The fourth-order valence-electron chi connectivity index (χ4n) is 2.25. The fourth-order valence-corrected chi connectivity index (χ4v) is 2.25. The molecule has 2 aliphatic rings. The van der Waals surface area contributed by atoms with Crippen molar-refractivity contribution in [2.24, 2.45) is 16.6 Å². The predicted molar refractivity (Wildman–Crippen MR) is 58.3 cm³/mol. The van der Waals surface area contributed by atoms with Gasteiger partial charge in [0.25, 0.3) is 0 Å². The lowest BCUT2D eigenvalue weighted by molar-refractivity contribution is 0.196. The molecule has 2 atom stereocenters. The van der Waals surface area contributed by atoms with E-state index in [4.69, 9.17) is 5.73 Å². The summed E-state index contributed by atoms with van der Waals surface area (Å²) in [5, 5.41) is 3.34. The summed E-state index contributed by atoms with van der Waals surface area (Å²) in [6.07, 6.45) is 2.50. The second-order valence-electron chi connectivity index (χ2n) is 4.31. The number of likely N-dealkylation sites (tertiary alicyclic amines) is 1. The Morgan fingerprint density at radius 3 is 3.07 bits per heavy atom. The highest BCUT2D eigenvalue weighted by Crippen LogP contribution is 2.21. The van der Waals surface area contributed by atoms with Gasteiger partial charge in [0.15, 0.2) is 5.96 Å². The van der Waals surface area contributed by atoms with E-state index in [0.717, 1.165) is 32.1 Å². The van der Waals surface area contributed by atoms with Crippen LogP contribution in [0.15, 0.2) is 4.99 Å². The van der Waals surface area contributed by atoms with Crippen LogP contribution in [-0.2, 0) is 0 Å². The van der Waals surface area contributed by atoms with Crippen molar-refractivity contribution in [3.05, 3.63) is 0 Å². The Kier molecular flexibility index (Phi) is 2.91. The summed E-state index contributed by atoms with van der Waals surface area (Å²) in [7, 11) is 0. The molecule has 2 aliphatic heterocycles. The number of guanidine groups is 1. The molecule has 0 spiro atoms. The van der Waals surface area contributed by atoms with Crippen LogP contribution in [0.2, 0.25) is 0 Å². The first-order valence-corrected chi connectivity index (χ1v) is 5.56. The Bertz CT molecular complexity index is 226. The summed E-state index contributed by atoms with van der Waals surface area (Å²) < 4.78 is 0. The Hall–Kier alpha value is -0.770. The van der Waals surface area contributed by atoms with E-state index in [2.05, 4.69) is 22.1 Å². The van der Waals surface area contributed by atoms with Crippen molar-refractivity contribution in [3.8, 4) is 0 Å². The van der Waals surface area contributed by atoms with Gasteiger partial charge in [-0.3, -0.25) is 4.99 Å². The standard InChI is InChI=1S/C10H20N4/c1-8-2-3-9(6-11)7-14(8)10-12-4-5-13-10/h8-9H,2-7,11H2,1H3,(H,12,13). The maximum atomic E-state index is 5.72. The summed E-state index contributed by atoms with van der Waals surface area (Å²) in [4.78, 5) is 6.85. The normalized spacial score (nSPS) is 32.7. The molecular formula is C10H20N4. The molecule has 0 aromatic carbocycles. The van der Waals surface area contributed by atoms with Gasteiger partial charge in [-0.1, -0.05) is 0 Å². The van der Waals surface area contributed by atoms with E-state index in [-0.39, 0.29) is 0 Å². The zero-order valence-corrected chi connectivity index (χ0v) is 8.87. The third-order valence-electron chi connectivity index (χ3n) is 3.24. The molecule has 0 aromatic heterocycles. The minimum Gasteiger partial charge on any atom is -0.354 e. The Balaban J connectivity index is 2.00. The second kappa shape index (κ2) is 4.17. The first kappa shape index (κ1) is 9.77. The number of hydrogen-bond donors (Lipinski definition) is 2. The van der Waals surface area contributed by atoms with Crippen molar-refractivity contribution < 1.29 is 0 Å². The number of hydrogen-bond acceptors (Lipinski definition) is 4. The Morgan fingerprint density at radius 2 is 2.43 bits per heavy atom. The van der Waals surface area contributed by atoms with Gasteiger partial charge in [0.05, 0.1) is 6.54 Å². The highest BCUT2D eigenvalue weighted by atomic mass is 15.3. The van der Waals surface area contributed by atoms with E-state index in [1.165, 1.54) is 12.8 Å². The highest BCUT2D eigenvalue weighted by molar-refractivity contribution is 5.81. The lowest BCUT2D eigenvalue weighted by Crippen LogP contribution is -2.50. The smallest absolute Gasteiger partial charge is 0.194 e. The van der Waals surface area contributed by atoms with Gasteiger partial charge in [0.2, 0.25) is 0 Å². The van der Waals surface area contributed by atoms with Crippen LogP contribution in [0.1, 0.15) is 19.8 Å². The molecule has 0 aromatic rings. The van der Waals surface area contributed by atoms with Gasteiger partial charge in [-0.05, 0) is 32.2 Å². The Labute approximate surface area is 85.6 Å². The van der Waals surface area contributed by atoms with Gasteiger partial charge in [-0.2, -0.15) is 0 Å². The molecule has 0 saturated carbocycles. The summed E-state index contributed by atoms with van der Waals surface area (Å²) >= 11 is 0. The first-order valence-electron chi connectivity index (χ1n) is 5.56. The van der Waals surface area contributed by atoms with Crippen molar-refractivity contribution in [1.82, 2.24) is 10.2 Å². The lowest BCUT2D eigenvalue weighted by atomic mass is 9.94. The lowest BCUT2D eigenvalue weighted by Gasteiger charge is -2.38. The molecule has 1 fully saturated rings. The van der Waals surface area contributed by atoms with Gasteiger partial charge in [0, 0.05) is 19.1 Å². The predicted octanol–water partition coefficient (Wildman–Crippen LogP) is 0.00480. The molecule has 80 valence electrons. The topological polar surface area (TPSA) is 53.6 Å². The summed E-state index contributed by atoms with van der Waals surface area (Å²) in [5.74, 6) is 1.74. The van der Waals surface area contributed by atoms with Crippen molar-refractivity contribution in [2.75, 3.05) is 26.2 Å². The van der Waals surface area contributed by atoms with E-state index >= 15 is 0 Å². The minimum absolute atomic E-state index is 0.613. The van der Waals surface area contributed by atoms with Crippen LogP contribution in [0, 0.1) is 5.92 Å². The van der Waals surface area contributed by atoms with Gasteiger partial charge in [-0.15, -0.1) is 0 Å². The highest BCUT2D eigenvalue weighted by Gasteiger charge is 2.27. The second-order valence-corrected chi connectivity index (χ2v) is 4.31. The molecule has 0 radical (unpaired) electrons. The molecule has 14 heavy (non-hydrogen) atoms. The SMILES string of the molecule is CC1CCC(CN)CN1C1=NCCN1. The maximum Gasteiger partial charge on any atom is 0.194 e. The summed E-state index contributed by atoms with van der Waals surface area (Å²) in [5.41, 5.74) is 5.72. The van der Waals surface area contributed by atoms with E-state index in [9.17, 15) is 0 Å². The molecule has 2 rings (SSSR count). The van der Waals surface area contributed by atoms with Crippen molar-refractivity contribution in [2.45, 2.75) is 25.8 Å². The molecule has 2 heterocycles. The molecule has 4 heteroatoms. The van der Waals surface area contributed by atoms with Crippen molar-refractivity contribution in [3.63, 3.8) is 0 Å².